The highest BCUT2D eigenvalue weighted by atomic mass is 32.1. The lowest BCUT2D eigenvalue weighted by Gasteiger charge is -2.24. The first-order valence-electron chi connectivity index (χ1n) is 6.38. The van der Waals surface area contributed by atoms with Crippen LogP contribution in [-0.2, 0) is 0 Å². The first-order valence-corrected chi connectivity index (χ1v) is 7.19. The minimum atomic E-state index is -0.0810. The number of nitrogen functional groups attached to an aromatic ring is 2. The zero-order chi connectivity index (χ0) is 14.9. The first kappa shape index (κ1) is 14.4. The molecule has 1 aromatic heterocycles. The Morgan fingerprint density at radius 1 is 1.20 bits per heavy atom. The maximum atomic E-state index is 12.5. The van der Waals surface area contributed by atoms with Crippen LogP contribution in [0.4, 0.5) is 11.4 Å². The van der Waals surface area contributed by atoms with Gasteiger partial charge in [-0.1, -0.05) is 0 Å². The molecule has 1 amide bonds. The summed E-state index contributed by atoms with van der Waals surface area (Å²) in [5.74, 6) is -0.0810. The lowest BCUT2D eigenvalue weighted by Crippen LogP contribution is -2.29. The van der Waals surface area contributed by atoms with Gasteiger partial charge in [0.25, 0.3) is 5.91 Å². The molecule has 5 heteroatoms. The standard InChI is InChI=1S/C15H19N3OS/c1-9-4-5-14(20-9)10(2)18(3)15(19)11-6-12(16)8-13(17)7-11/h4-8,10H,16-17H2,1-3H3. The van der Waals surface area contributed by atoms with Crippen LogP contribution in [0.5, 0.6) is 0 Å². The summed E-state index contributed by atoms with van der Waals surface area (Å²) in [5.41, 5.74) is 13.0. The molecule has 0 aliphatic carbocycles. The average Bonchev–Trinajstić information content (AvgIpc) is 2.81. The van der Waals surface area contributed by atoms with Gasteiger partial charge in [0.2, 0.25) is 0 Å². The Bertz CT molecular complexity index is 616. The van der Waals surface area contributed by atoms with Crippen molar-refractivity contribution in [3.05, 3.63) is 45.6 Å². The lowest BCUT2D eigenvalue weighted by molar-refractivity contribution is 0.0745. The molecule has 1 unspecified atom stereocenters. The smallest absolute Gasteiger partial charge is 0.254 e. The molecule has 0 spiro atoms. The van der Waals surface area contributed by atoms with E-state index in [0.29, 0.717) is 16.9 Å². The van der Waals surface area contributed by atoms with Gasteiger partial charge in [0, 0.05) is 33.7 Å². The SMILES string of the molecule is Cc1ccc(C(C)N(C)C(=O)c2cc(N)cc(N)c2)s1. The van der Waals surface area contributed by atoms with Gasteiger partial charge in [-0.3, -0.25) is 4.79 Å². The summed E-state index contributed by atoms with van der Waals surface area (Å²) in [6.45, 7) is 4.07. The third-order valence-corrected chi connectivity index (χ3v) is 4.47. The Morgan fingerprint density at radius 2 is 1.80 bits per heavy atom. The minimum absolute atomic E-state index is 0.0175. The number of amides is 1. The molecule has 1 aromatic carbocycles. The number of aryl methyl sites for hydroxylation is 1. The average molecular weight is 289 g/mol. The van der Waals surface area contributed by atoms with Crippen LogP contribution in [-0.4, -0.2) is 17.9 Å². The van der Waals surface area contributed by atoms with Crippen molar-refractivity contribution in [3.8, 4) is 0 Å². The van der Waals surface area contributed by atoms with Gasteiger partial charge in [0.15, 0.2) is 0 Å². The van der Waals surface area contributed by atoms with Crippen LogP contribution in [0.1, 0.15) is 33.1 Å². The van der Waals surface area contributed by atoms with Crippen LogP contribution < -0.4 is 11.5 Å². The van der Waals surface area contributed by atoms with Crippen molar-refractivity contribution in [2.24, 2.45) is 0 Å². The Hall–Kier alpha value is -2.01. The zero-order valence-corrected chi connectivity index (χ0v) is 12.7. The van der Waals surface area contributed by atoms with Crippen LogP contribution in [0.2, 0.25) is 0 Å². The second-order valence-corrected chi connectivity index (χ2v) is 6.25. The molecule has 0 aliphatic rings. The number of nitrogens with two attached hydrogens (primary N) is 2. The van der Waals surface area contributed by atoms with Crippen molar-refractivity contribution in [2.45, 2.75) is 19.9 Å². The normalized spacial score (nSPS) is 12.2. The molecule has 1 atom stereocenters. The molecule has 0 fully saturated rings. The maximum Gasteiger partial charge on any atom is 0.254 e. The summed E-state index contributed by atoms with van der Waals surface area (Å²) in [7, 11) is 1.79. The Balaban J connectivity index is 2.23. The molecule has 2 rings (SSSR count). The van der Waals surface area contributed by atoms with Gasteiger partial charge in [-0.15, -0.1) is 11.3 Å². The number of carbonyl (C=O) groups excluding carboxylic acids is 1. The predicted molar refractivity (Wildman–Crippen MR) is 84.8 cm³/mol. The van der Waals surface area contributed by atoms with E-state index < -0.39 is 0 Å². The van der Waals surface area contributed by atoms with Gasteiger partial charge in [0.1, 0.15) is 0 Å². The number of benzene rings is 1. The Morgan fingerprint density at radius 3 is 2.30 bits per heavy atom. The number of hydrogen-bond donors (Lipinski definition) is 2. The fourth-order valence-electron chi connectivity index (χ4n) is 2.05. The summed E-state index contributed by atoms with van der Waals surface area (Å²) in [6, 6.07) is 9.09. The molecule has 106 valence electrons. The molecular formula is C15H19N3OS. The van der Waals surface area contributed by atoms with Crippen LogP contribution in [0.25, 0.3) is 0 Å². The number of carbonyl (C=O) groups is 1. The minimum Gasteiger partial charge on any atom is -0.399 e. The van der Waals surface area contributed by atoms with Crippen molar-refractivity contribution >= 4 is 28.6 Å². The second-order valence-electron chi connectivity index (χ2n) is 4.93. The third-order valence-electron chi connectivity index (χ3n) is 3.30. The quantitative estimate of drug-likeness (QED) is 0.853. The maximum absolute atomic E-state index is 12.5. The van der Waals surface area contributed by atoms with E-state index in [1.807, 2.05) is 6.92 Å². The van der Waals surface area contributed by atoms with Crippen LogP contribution in [0.3, 0.4) is 0 Å². The van der Waals surface area contributed by atoms with Crippen molar-refractivity contribution < 1.29 is 4.79 Å². The molecule has 2 aromatic rings. The second kappa shape index (κ2) is 5.54. The van der Waals surface area contributed by atoms with Crippen molar-refractivity contribution in [2.75, 3.05) is 18.5 Å². The van der Waals surface area contributed by atoms with Gasteiger partial charge in [0.05, 0.1) is 6.04 Å². The number of hydrogen-bond acceptors (Lipinski definition) is 4. The molecule has 0 aliphatic heterocycles. The van der Waals surface area contributed by atoms with E-state index in [-0.39, 0.29) is 11.9 Å². The van der Waals surface area contributed by atoms with E-state index in [4.69, 9.17) is 11.5 Å². The largest absolute Gasteiger partial charge is 0.399 e. The summed E-state index contributed by atoms with van der Waals surface area (Å²) < 4.78 is 0. The van der Waals surface area contributed by atoms with Crippen LogP contribution >= 0.6 is 11.3 Å². The van der Waals surface area contributed by atoms with Crippen LogP contribution in [0, 0.1) is 6.92 Å². The van der Waals surface area contributed by atoms with Crippen LogP contribution in [0.15, 0.2) is 30.3 Å². The number of nitrogens with zero attached hydrogens (tertiary/aromatic N) is 1. The Labute approximate surface area is 123 Å². The van der Waals surface area contributed by atoms with Gasteiger partial charge >= 0.3 is 0 Å². The lowest BCUT2D eigenvalue weighted by atomic mass is 10.1. The summed E-state index contributed by atoms with van der Waals surface area (Å²) in [6.07, 6.45) is 0. The fraction of sp³-hybridized carbons (Fsp3) is 0.267. The molecule has 4 N–H and O–H groups in total. The third kappa shape index (κ3) is 2.93. The van der Waals surface area contributed by atoms with Gasteiger partial charge in [-0.2, -0.15) is 0 Å². The number of thiophene rings is 1. The number of anilines is 2. The van der Waals surface area contributed by atoms with Gasteiger partial charge in [-0.05, 0) is 44.2 Å². The molecule has 0 bridgehead atoms. The monoisotopic (exact) mass is 289 g/mol. The summed E-state index contributed by atoms with van der Waals surface area (Å²) in [4.78, 5) is 16.6. The van der Waals surface area contributed by atoms with E-state index >= 15 is 0 Å². The van der Waals surface area contributed by atoms with Gasteiger partial charge < -0.3 is 16.4 Å². The van der Waals surface area contributed by atoms with Gasteiger partial charge in [-0.25, -0.2) is 0 Å². The van der Waals surface area contributed by atoms with Crippen molar-refractivity contribution in [1.29, 1.82) is 0 Å². The number of rotatable bonds is 3. The summed E-state index contributed by atoms with van der Waals surface area (Å²) >= 11 is 1.70. The van der Waals surface area contributed by atoms with E-state index in [0.717, 1.165) is 4.88 Å². The molecule has 1 heterocycles. The zero-order valence-electron chi connectivity index (χ0n) is 11.9. The van der Waals surface area contributed by atoms with Crippen molar-refractivity contribution in [3.63, 3.8) is 0 Å². The molecular weight excluding hydrogens is 270 g/mol. The molecule has 0 saturated carbocycles. The highest BCUT2D eigenvalue weighted by Gasteiger charge is 2.20. The van der Waals surface area contributed by atoms with E-state index in [1.165, 1.54) is 4.88 Å². The van der Waals surface area contributed by atoms with E-state index in [2.05, 4.69) is 19.1 Å². The van der Waals surface area contributed by atoms with E-state index in [9.17, 15) is 4.79 Å². The molecule has 0 radical (unpaired) electrons. The highest BCUT2D eigenvalue weighted by Crippen LogP contribution is 2.27. The fourth-order valence-corrected chi connectivity index (χ4v) is 3.02. The molecule has 0 saturated heterocycles. The molecule has 20 heavy (non-hydrogen) atoms. The predicted octanol–water partition coefficient (Wildman–Crippen LogP) is 3.05. The highest BCUT2D eigenvalue weighted by molar-refractivity contribution is 7.12. The summed E-state index contributed by atoms with van der Waals surface area (Å²) in [5, 5.41) is 0. The topological polar surface area (TPSA) is 72.3 Å². The molecule has 4 nitrogen and oxygen atoms in total. The first-order chi connectivity index (χ1) is 9.38. The van der Waals surface area contributed by atoms with Crippen molar-refractivity contribution in [1.82, 2.24) is 4.90 Å². The van der Waals surface area contributed by atoms with E-state index in [1.54, 1.807) is 41.5 Å². The Kier molecular flexibility index (Phi) is 3.99.